The Labute approximate surface area is 150 Å². The summed E-state index contributed by atoms with van der Waals surface area (Å²) >= 11 is 1.41. The Hall–Kier alpha value is -2.09. The van der Waals surface area contributed by atoms with Gasteiger partial charge in [0, 0.05) is 32.0 Å². The van der Waals surface area contributed by atoms with Crippen LogP contribution in [0.3, 0.4) is 0 Å². The maximum atomic E-state index is 5.84. The largest absolute Gasteiger partial charge is 0.431 e. The summed E-state index contributed by atoms with van der Waals surface area (Å²) in [5, 5.41) is 4.02. The first-order chi connectivity index (χ1) is 12.4. The summed E-state index contributed by atoms with van der Waals surface area (Å²) in [5.74, 6) is 0.793. The van der Waals surface area contributed by atoms with Crippen molar-refractivity contribution in [1.29, 1.82) is 0 Å². The summed E-state index contributed by atoms with van der Waals surface area (Å²) in [4.78, 5) is 16.1. The van der Waals surface area contributed by atoms with Gasteiger partial charge in [0.1, 0.15) is 5.75 Å². The van der Waals surface area contributed by atoms with Crippen LogP contribution in [0.5, 0.6) is 10.9 Å². The number of hydrogen-bond acceptors (Lipinski definition) is 7. The lowest BCUT2D eigenvalue weighted by Crippen LogP contribution is -2.30. The number of thiazole rings is 1. The predicted molar refractivity (Wildman–Crippen MR) is 99.4 cm³/mol. The van der Waals surface area contributed by atoms with Gasteiger partial charge in [-0.05, 0) is 43.6 Å². The molecule has 0 amide bonds. The zero-order valence-electron chi connectivity index (χ0n) is 14.0. The van der Waals surface area contributed by atoms with Gasteiger partial charge in [0.15, 0.2) is 10.5 Å². The third kappa shape index (κ3) is 4.31. The average Bonchev–Trinajstić information content (AvgIpc) is 2.86. The number of rotatable bonds is 5. The monoisotopic (exact) mass is 355 g/mol. The minimum atomic E-state index is 0.575. The van der Waals surface area contributed by atoms with E-state index in [1.54, 1.807) is 12.4 Å². The summed E-state index contributed by atoms with van der Waals surface area (Å²) in [7, 11) is 0. The second-order valence-electron chi connectivity index (χ2n) is 6.11. The first-order valence-corrected chi connectivity index (χ1v) is 9.46. The standard InChI is InChI=1S/C18H21N5OS/c1-7-19-10-13-23(11-1)12-6-14-2-4-15(5-3-14)24-18-22-16-17(25-18)21-9-8-20-16/h2-5,8-9,19H,1,6-7,10-13H2. The topological polar surface area (TPSA) is 63.2 Å². The fraction of sp³-hybridized carbons (Fsp3) is 0.389. The van der Waals surface area contributed by atoms with Crippen molar-refractivity contribution in [3.63, 3.8) is 0 Å². The van der Waals surface area contributed by atoms with Crippen LogP contribution in [0.25, 0.3) is 10.5 Å². The van der Waals surface area contributed by atoms with E-state index >= 15 is 0 Å². The molecular formula is C18H21N5OS. The molecule has 1 N–H and O–H groups in total. The van der Waals surface area contributed by atoms with Crippen molar-refractivity contribution >= 4 is 21.8 Å². The van der Waals surface area contributed by atoms with Crippen LogP contribution >= 0.6 is 11.3 Å². The van der Waals surface area contributed by atoms with Crippen LogP contribution in [-0.2, 0) is 6.42 Å². The van der Waals surface area contributed by atoms with Crippen molar-refractivity contribution in [3.05, 3.63) is 42.2 Å². The lowest BCUT2D eigenvalue weighted by Gasteiger charge is -2.19. The second-order valence-corrected chi connectivity index (χ2v) is 7.05. The third-order valence-corrected chi connectivity index (χ3v) is 5.14. The van der Waals surface area contributed by atoms with Crippen LogP contribution in [0.2, 0.25) is 0 Å². The van der Waals surface area contributed by atoms with E-state index in [-0.39, 0.29) is 0 Å². The highest BCUT2D eigenvalue weighted by Gasteiger charge is 2.09. The smallest absolute Gasteiger partial charge is 0.282 e. The maximum Gasteiger partial charge on any atom is 0.282 e. The number of benzene rings is 1. The summed E-state index contributed by atoms with van der Waals surface area (Å²) in [6.45, 7) is 5.67. The Bertz CT molecular complexity index is 779. The molecule has 2 aromatic heterocycles. The number of aromatic nitrogens is 3. The van der Waals surface area contributed by atoms with Gasteiger partial charge in [-0.15, -0.1) is 0 Å². The molecule has 1 saturated heterocycles. The average molecular weight is 355 g/mol. The van der Waals surface area contributed by atoms with Crippen molar-refractivity contribution in [3.8, 4) is 10.9 Å². The maximum absolute atomic E-state index is 5.84. The molecule has 1 aliphatic rings. The van der Waals surface area contributed by atoms with Gasteiger partial charge in [-0.25, -0.2) is 9.97 Å². The van der Waals surface area contributed by atoms with Gasteiger partial charge in [0.05, 0.1) is 0 Å². The molecule has 0 spiro atoms. The van der Waals surface area contributed by atoms with E-state index in [1.807, 2.05) is 12.1 Å². The Morgan fingerprint density at radius 2 is 1.96 bits per heavy atom. The molecule has 1 fully saturated rings. The molecule has 7 heteroatoms. The van der Waals surface area contributed by atoms with Gasteiger partial charge >= 0.3 is 0 Å². The normalized spacial score (nSPS) is 16.0. The first kappa shape index (κ1) is 16.4. The van der Waals surface area contributed by atoms with Gasteiger partial charge in [-0.2, -0.15) is 4.98 Å². The molecular weight excluding hydrogens is 334 g/mol. The van der Waals surface area contributed by atoms with E-state index in [1.165, 1.54) is 29.9 Å². The van der Waals surface area contributed by atoms with Crippen molar-refractivity contribution in [2.45, 2.75) is 12.8 Å². The highest BCUT2D eigenvalue weighted by atomic mass is 32.1. The zero-order valence-corrected chi connectivity index (χ0v) is 14.8. The summed E-state index contributed by atoms with van der Waals surface area (Å²) in [6.07, 6.45) is 5.61. The lowest BCUT2D eigenvalue weighted by molar-refractivity contribution is 0.296. The molecule has 25 heavy (non-hydrogen) atoms. The van der Waals surface area contributed by atoms with Crippen molar-refractivity contribution in [2.75, 3.05) is 32.7 Å². The fourth-order valence-electron chi connectivity index (χ4n) is 2.94. The minimum Gasteiger partial charge on any atom is -0.431 e. The SMILES string of the molecule is c1cnc2sc(Oc3ccc(CCN4CCCNCC4)cc3)nc2n1. The zero-order chi connectivity index (χ0) is 16.9. The fourth-order valence-corrected chi connectivity index (χ4v) is 3.68. The number of nitrogens with zero attached hydrogens (tertiary/aromatic N) is 4. The minimum absolute atomic E-state index is 0.575. The van der Waals surface area contributed by atoms with E-state index in [0.717, 1.165) is 43.2 Å². The Kier molecular flexibility index (Phi) is 5.15. The summed E-state index contributed by atoms with van der Waals surface area (Å²) < 4.78 is 5.84. The highest BCUT2D eigenvalue weighted by Crippen LogP contribution is 2.29. The van der Waals surface area contributed by atoms with Gasteiger partial charge in [0.25, 0.3) is 5.19 Å². The van der Waals surface area contributed by atoms with Crippen LogP contribution in [0, 0.1) is 0 Å². The van der Waals surface area contributed by atoms with Gasteiger partial charge < -0.3 is 15.0 Å². The van der Waals surface area contributed by atoms with E-state index in [0.29, 0.717) is 10.8 Å². The predicted octanol–water partition coefficient (Wildman–Crippen LogP) is 2.72. The van der Waals surface area contributed by atoms with E-state index in [2.05, 4.69) is 37.3 Å². The molecule has 6 nitrogen and oxygen atoms in total. The van der Waals surface area contributed by atoms with Gasteiger partial charge in [-0.3, -0.25) is 0 Å². The van der Waals surface area contributed by atoms with Gasteiger partial charge in [0.2, 0.25) is 0 Å². The lowest BCUT2D eigenvalue weighted by atomic mass is 10.1. The van der Waals surface area contributed by atoms with E-state index in [4.69, 9.17) is 4.74 Å². The summed E-state index contributed by atoms with van der Waals surface area (Å²) in [6, 6.07) is 8.28. The molecule has 4 rings (SSSR count). The van der Waals surface area contributed by atoms with Crippen molar-refractivity contribution < 1.29 is 4.74 Å². The second kappa shape index (κ2) is 7.86. The molecule has 0 radical (unpaired) electrons. The molecule has 130 valence electrons. The van der Waals surface area contributed by atoms with Crippen LogP contribution in [-0.4, -0.2) is 52.6 Å². The molecule has 3 heterocycles. The molecule has 0 unspecified atom stereocenters. The van der Waals surface area contributed by atoms with Crippen molar-refractivity contribution in [2.24, 2.45) is 0 Å². The van der Waals surface area contributed by atoms with Crippen LogP contribution < -0.4 is 10.1 Å². The van der Waals surface area contributed by atoms with Crippen LogP contribution in [0.1, 0.15) is 12.0 Å². The molecule has 1 aromatic carbocycles. The number of fused-ring (bicyclic) bond motifs is 1. The number of nitrogens with one attached hydrogen (secondary N) is 1. The molecule has 3 aromatic rings. The summed E-state index contributed by atoms with van der Waals surface area (Å²) in [5.41, 5.74) is 1.96. The van der Waals surface area contributed by atoms with E-state index in [9.17, 15) is 0 Å². The molecule has 1 aliphatic heterocycles. The van der Waals surface area contributed by atoms with Crippen LogP contribution in [0.15, 0.2) is 36.7 Å². The van der Waals surface area contributed by atoms with Crippen molar-refractivity contribution in [1.82, 2.24) is 25.2 Å². The quantitative estimate of drug-likeness (QED) is 0.759. The highest BCUT2D eigenvalue weighted by molar-refractivity contribution is 7.19. The number of hydrogen-bond donors (Lipinski definition) is 1. The Morgan fingerprint density at radius 1 is 1.08 bits per heavy atom. The Morgan fingerprint density at radius 3 is 2.84 bits per heavy atom. The molecule has 0 aliphatic carbocycles. The molecule has 0 bridgehead atoms. The van der Waals surface area contributed by atoms with E-state index < -0.39 is 0 Å². The molecule has 0 saturated carbocycles. The Balaban J connectivity index is 1.34. The number of ether oxygens (including phenoxy) is 1. The van der Waals surface area contributed by atoms with Gasteiger partial charge in [-0.1, -0.05) is 23.5 Å². The third-order valence-electron chi connectivity index (χ3n) is 4.31. The first-order valence-electron chi connectivity index (χ1n) is 8.64. The van der Waals surface area contributed by atoms with Crippen LogP contribution in [0.4, 0.5) is 0 Å². The molecule has 0 atom stereocenters.